The largest absolute Gasteiger partial charge is 0.493 e. The topological polar surface area (TPSA) is 69.3 Å². The molecule has 22 heavy (non-hydrogen) atoms. The second-order valence-corrected chi connectivity index (χ2v) is 4.85. The molecule has 1 N–H and O–H groups in total. The van der Waals surface area contributed by atoms with Crippen molar-refractivity contribution < 1.29 is 23.7 Å². The summed E-state index contributed by atoms with van der Waals surface area (Å²) < 4.78 is 21.1. The second kappa shape index (κ2) is 7.86. The first-order chi connectivity index (χ1) is 10.7. The fourth-order valence-electron chi connectivity index (χ4n) is 2.32. The van der Waals surface area contributed by atoms with Crippen LogP contribution in [0, 0.1) is 0 Å². The minimum absolute atomic E-state index is 0.0869. The molecule has 0 aromatic heterocycles. The first kappa shape index (κ1) is 16.4. The number of carbonyl (C=O) groups is 1. The molecule has 1 aromatic rings. The van der Waals surface area contributed by atoms with Gasteiger partial charge in [-0.2, -0.15) is 0 Å². The van der Waals surface area contributed by atoms with Crippen LogP contribution in [0.25, 0.3) is 0 Å². The maximum Gasteiger partial charge on any atom is 0.238 e. The minimum Gasteiger partial charge on any atom is -0.493 e. The highest BCUT2D eigenvalue weighted by Crippen LogP contribution is 2.39. The average Bonchev–Trinajstić information content (AvgIpc) is 2.54. The molecule has 0 saturated carbocycles. The molecule has 1 heterocycles. The molecule has 1 aromatic carbocycles. The number of amides is 1. The van der Waals surface area contributed by atoms with Gasteiger partial charge in [0.25, 0.3) is 0 Å². The standard InChI is InChI=1S/C15H22N2O5/c1-19-12-8-11(9-13(20-2)15(12)21-3)16-14(18)10-17-4-6-22-7-5-17/h8-9H,4-7,10H2,1-3H3,(H,16,18). The number of hydrogen-bond acceptors (Lipinski definition) is 6. The van der Waals surface area contributed by atoms with Crippen LogP contribution in [0.3, 0.4) is 0 Å². The summed E-state index contributed by atoms with van der Waals surface area (Å²) in [6, 6.07) is 3.41. The van der Waals surface area contributed by atoms with Crippen molar-refractivity contribution in [2.45, 2.75) is 0 Å². The van der Waals surface area contributed by atoms with E-state index >= 15 is 0 Å². The van der Waals surface area contributed by atoms with E-state index in [1.807, 2.05) is 0 Å². The van der Waals surface area contributed by atoms with Crippen molar-refractivity contribution in [2.24, 2.45) is 0 Å². The van der Waals surface area contributed by atoms with Gasteiger partial charge in [-0.25, -0.2) is 0 Å². The molecule has 0 atom stereocenters. The molecule has 0 spiro atoms. The maximum absolute atomic E-state index is 12.1. The Morgan fingerprint density at radius 1 is 1.14 bits per heavy atom. The van der Waals surface area contributed by atoms with Gasteiger partial charge in [-0.15, -0.1) is 0 Å². The first-order valence-electron chi connectivity index (χ1n) is 7.08. The third-order valence-corrected chi connectivity index (χ3v) is 3.42. The molecule has 7 nitrogen and oxygen atoms in total. The number of rotatable bonds is 6. The SMILES string of the molecule is COc1cc(NC(=O)CN2CCOCC2)cc(OC)c1OC. The van der Waals surface area contributed by atoms with Gasteiger partial charge in [-0.3, -0.25) is 9.69 Å². The Bertz CT molecular complexity index is 490. The van der Waals surface area contributed by atoms with E-state index in [9.17, 15) is 4.79 Å². The van der Waals surface area contributed by atoms with Crippen molar-refractivity contribution in [3.63, 3.8) is 0 Å². The van der Waals surface area contributed by atoms with E-state index in [4.69, 9.17) is 18.9 Å². The summed E-state index contributed by atoms with van der Waals surface area (Å²) in [5.74, 6) is 1.42. The van der Waals surface area contributed by atoms with Gasteiger partial charge in [0.2, 0.25) is 11.7 Å². The van der Waals surface area contributed by atoms with E-state index in [2.05, 4.69) is 10.2 Å². The molecule has 0 bridgehead atoms. The molecule has 7 heteroatoms. The normalized spacial score (nSPS) is 15.2. The Morgan fingerprint density at radius 2 is 1.73 bits per heavy atom. The summed E-state index contributed by atoms with van der Waals surface area (Å²) in [4.78, 5) is 14.2. The minimum atomic E-state index is -0.0869. The van der Waals surface area contributed by atoms with Crippen LogP contribution < -0.4 is 19.5 Å². The van der Waals surface area contributed by atoms with E-state index in [-0.39, 0.29) is 5.91 Å². The number of ether oxygens (including phenoxy) is 4. The van der Waals surface area contributed by atoms with Gasteiger partial charge in [0.15, 0.2) is 11.5 Å². The zero-order chi connectivity index (χ0) is 15.9. The lowest BCUT2D eigenvalue weighted by molar-refractivity contribution is -0.118. The number of benzene rings is 1. The summed E-state index contributed by atoms with van der Waals surface area (Å²) in [5.41, 5.74) is 0.604. The Labute approximate surface area is 130 Å². The van der Waals surface area contributed by atoms with Crippen molar-refractivity contribution in [3.8, 4) is 17.2 Å². The maximum atomic E-state index is 12.1. The number of carbonyl (C=O) groups excluding carboxylic acids is 1. The Kier molecular flexibility index (Phi) is 5.85. The van der Waals surface area contributed by atoms with E-state index in [0.29, 0.717) is 42.7 Å². The molecule has 122 valence electrons. The Hall–Kier alpha value is -1.99. The molecular formula is C15H22N2O5. The van der Waals surface area contributed by atoms with Crippen LogP contribution in [0.4, 0.5) is 5.69 Å². The van der Waals surface area contributed by atoms with E-state index in [1.54, 1.807) is 12.1 Å². The fraction of sp³-hybridized carbons (Fsp3) is 0.533. The smallest absolute Gasteiger partial charge is 0.238 e. The lowest BCUT2D eigenvalue weighted by Gasteiger charge is -2.25. The monoisotopic (exact) mass is 310 g/mol. The summed E-state index contributed by atoms with van der Waals surface area (Å²) in [5, 5.41) is 2.85. The predicted octanol–water partition coefficient (Wildman–Crippen LogP) is 0.983. The van der Waals surface area contributed by atoms with Crippen LogP contribution in [0.2, 0.25) is 0 Å². The molecule has 2 rings (SSSR count). The van der Waals surface area contributed by atoms with Gasteiger partial charge in [0.05, 0.1) is 41.1 Å². The molecule has 1 aliphatic rings. The highest BCUT2D eigenvalue weighted by atomic mass is 16.5. The zero-order valence-corrected chi connectivity index (χ0v) is 13.2. The summed E-state index contributed by atoms with van der Waals surface area (Å²) >= 11 is 0. The summed E-state index contributed by atoms with van der Waals surface area (Å²) in [7, 11) is 4.62. The summed E-state index contributed by atoms with van der Waals surface area (Å²) in [6.07, 6.45) is 0. The second-order valence-electron chi connectivity index (χ2n) is 4.85. The lowest BCUT2D eigenvalue weighted by Crippen LogP contribution is -2.41. The van der Waals surface area contributed by atoms with Crippen LogP contribution in [0.15, 0.2) is 12.1 Å². The lowest BCUT2D eigenvalue weighted by atomic mass is 10.2. The van der Waals surface area contributed by atoms with Gasteiger partial charge < -0.3 is 24.3 Å². The molecule has 1 saturated heterocycles. The van der Waals surface area contributed by atoms with Gasteiger partial charge >= 0.3 is 0 Å². The highest BCUT2D eigenvalue weighted by molar-refractivity contribution is 5.93. The zero-order valence-electron chi connectivity index (χ0n) is 13.2. The predicted molar refractivity (Wildman–Crippen MR) is 82.0 cm³/mol. The Morgan fingerprint density at radius 3 is 2.23 bits per heavy atom. The number of morpholine rings is 1. The van der Waals surface area contributed by atoms with Crippen molar-refractivity contribution in [3.05, 3.63) is 12.1 Å². The van der Waals surface area contributed by atoms with Crippen LogP contribution in [0.5, 0.6) is 17.2 Å². The van der Waals surface area contributed by atoms with Gasteiger partial charge in [0, 0.05) is 30.9 Å². The number of nitrogens with one attached hydrogen (secondary N) is 1. The highest BCUT2D eigenvalue weighted by Gasteiger charge is 2.17. The molecule has 1 aliphatic heterocycles. The number of anilines is 1. The quantitative estimate of drug-likeness (QED) is 0.845. The molecule has 0 radical (unpaired) electrons. The van der Waals surface area contributed by atoms with Crippen LogP contribution in [0.1, 0.15) is 0 Å². The van der Waals surface area contributed by atoms with Gasteiger partial charge in [-0.05, 0) is 0 Å². The molecule has 0 unspecified atom stereocenters. The van der Waals surface area contributed by atoms with Crippen LogP contribution in [-0.2, 0) is 9.53 Å². The molecular weight excluding hydrogens is 288 g/mol. The molecule has 0 aliphatic carbocycles. The van der Waals surface area contributed by atoms with Gasteiger partial charge in [-0.1, -0.05) is 0 Å². The third kappa shape index (κ3) is 4.02. The average molecular weight is 310 g/mol. The van der Waals surface area contributed by atoms with Crippen LogP contribution >= 0.6 is 0 Å². The Balaban J connectivity index is 2.06. The van der Waals surface area contributed by atoms with Crippen LogP contribution in [-0.4, -0.2) is 65.0 Å². The number of nitrogens with zero attached hydrogens (tertiary/aromatic N) is 1. The van der Waals surface area contributed by atoms with E-state index < -0.39 is 0 Å². The van der Waals surface area contributed by atoms with E-state index in [0.717, 1.165) is 13.1 Å². The van der Waals surface area contributed by atoms with Crippen molar-refractivity contribution >= 4 is 11.6 Å². The third-order valence-electron chi connectivity index (χ3n) is 3.42. The number of methoxy groups -OCH3 is 3. The van der Waals surface area contributed by atoms with Crippen molar-refractivity contribution in [1.82, 2.24) is 4.90 Å². The van der Waals surface area contributed by atoms with Crippen molar-refractivity contribution in [1.29, 1.82) is 0 Å². The van der Waals surface area contributed by atoms with Crippen molar-refractivity contribution in [2.75, 3.05) is 59.5 Å². The fourth-order valence-corrected chi connectivity index (χ4v) is 2.32. The number of hydrogen-bond donors (Lipinski definition) is 1. The van der Waals surface area contributed by atoms with Gasteiger partial charge in [0.1, 0.15) is 0 Å². The summed E-state index contributed by atoms with van der Waals surface area (Å²) in [6.45, 7) is 3.19. The molecule has 1 amide bonds. The molecule has 1 fully saturated rings. The van der Waals surface area contributed by atoms with E-state index in [1.165, 1.54) is 21.3 Å². The first-order valence-corrected chi connectivity index (χ1v) is 7.08.